The van der Waals surface area contributed by atoms with Crippen molar-refractivity contribution in [1.29, 1.82) is 5.26 Å². The number of aliphatic carboxylic acids is 1. The Balaban J connectivity index is 1.41. The molecule has 2 aromatic heterocycles. The Hall–Kier alpha value is -5.60. The number of hydrogen-bond donors (Lipinski definition) is 1. The van der Waals surface area contributed by atoms with Gasteiger partial charge in [-0.3, -0.25) is 0 Å². The summed E-state index contributed by atoms with van der Waals surface area (Å²) in [4.78, 5) is 11.4. The van der Waals surface area contributed by atoms with E-state index >= 15 is 0 Å². The van der Waals surface area contributed by atoms with Crippen molar-refractivity contribution in [2.75, 3.05) is 0 Å². The van der Waals surface area contributed by atoms with Gasteiger partial charge >= 0.3 is 5.97 Å². The Morgan fingerprint density at radius 1 is 0.619 bits per heavy atom. The fraction of sp³-hybridized carbons (Fsp3) is 0.0811. The van der Waals surface area contributed by atoms with Gasteiger partial charge in [0.2, 0.25) is 0 Å². The molecule has 2 heterocycles. The van der Waals surface area contributed by atoms with E-state index in [0.717, 1.165) is 38.7 Å². The second kappa shape index (κ2) is 9.50. The second-order valence-electron chi connectivity index (χ2n) is 11.0. The molecule has 1 N–H and O–H groups in total. The number of fused-ring (bicyclic) bond motifs is 6. The van der Waals surface area contributed by atoms with Crippen LogP contribution in [0, 0.1) is 32.1 Å². The van der Waals surface area contributed by atoms with Gasteiger partial charge in [0.15, 0.2) is 0 Å². The first kappa shape index (κ1) is 25.4. The molecule has 7 rings (SSSR count). The minimum absolute atomic E-state index is 0.291. The summed E-state index contributed by atoms with van der Waals surface area (Å²) in [5, 5.41) is 23.2. The molecule has 0 atom stereocenters. The van der Waals surface area contributed by atoms with E-state index in [4.69, 9.17) is 0 Å². The van der Waals surface area contributed by atoms with E-state index in [1.54, 1.807) is 6.07 Å². The second-order valence-corrected chi connectivity index (χ2v) is 11.0. The van der Waals surface area contributed by atoms with E-state index < -0.39 is 5.97 Å². The van der Waals surface area contributed by atoms with Crippen molar-refractivity contribution in [2.45, 2.75) is 20.8 Å². The van der Waals surface area contributed by atoms with Gasteiger partial charge in [0.05, 0.1) is 22.1 Å². The van der Waals surface area contributed by atoms with Crippen LogP contribution in [-0.4, -0.2) is 20.2 Å². The third kappa shape index (κ3) is 3.96. The average Bonchev–Trinajstić information content (AvgIpc) is 3.47. The summed E-state index contributed by atoms with van der Waals surface area (Å²) < 4.78 is 4.57. The van der Waals surface area contributed by atoms with Crippen molar-refractivity contribution >= 4 is 55.7 Å². The summed E-state index contributed by atoms with van der Waals surface area (Å²) in [6, 6.07) is 35.9. The molecule has 7 aromatic rings. The lowest BCUT2D eigenvalue weighted by Crippen LogP contribution is -1.98. The Kier molecular flexibility index (Phi) is 5.74. The lowest BCUT2D eigenvalue weighted by molar-refractivity contribution is -0.132. The van der Waals surface area contributed by atoms with Crippen LogP contribution in [0.1, 0.15) is 22.3 Å². The lowest BCUT2D eigenvalue weighted by Gasteiger charge is -2.12. The maximum atomic E-state index is 11.4. The number of nitriles is 1. The smallest absolute Gasteiger partial charge is 0.346 e. The minimum atomic E-state index is -1.23. The van der Waals surface area contributed by atoms with Crippen molar-refractivity contribution in [3.05, 3.63) is 125 Å². The number of carboxylic acids is 1. The third-order valence-electron chi connectivity index (χ3n) is 8.05. The molecule has 0 aliphatic carbocycles. The molecular formula is C37H27N3O2. The zero-order chi connectivity index (χ0) is 29.1. The average molecular weight is 546 g/mol. The van der Waals surface area contributed by atoms with Gasteiger partial charge in [0.1, 0.15) is 11.6 Å². The number of benzene rings is 5. The molecule has 42 heavy (non-hydrogen) atoms. The standard InChI is InChI=1S/C37H27N3O2/c1-22-4-12-33-29(16-22)30-17-23(2)5-13-34(30)39(33)27-8-10-28(11-9-27)40-35-14-6-24(3)18-31(35)32-20-25(7-15-36(32)40)19-26(21-38)37(41)42/h4-20H,1-3H3,(H,41,42)/b26-19+. The topological polar surface area (TPSA) is 71.0 Å². The van der Waals surface area contributed by atoms with Crippen LogP contribution < -0.4 is 0 Å². The molecule has 0 aliphatic heterocycles. The molecule has 0 saturated heterocycles. The maximum Gasteiger partial charge on any atom is 0.346 e. The van der Waals surface area contributed by atoms with E-state index in [9.17, 15) is 15.2 Å². The molecule has 5 nitrogen and oxygen atoms in total. The molecule has 202 valence electrons. The summed E-state index contributed by atoms with van der Waals surface area (Å²) in [7, 11) is 0. The number of nitrogens with zero attached hydrogens (tertiary/aromatic N) is 3. The normalized spacial score (nSPS) is 12.0. The molecule has 0 radical (unpaired) electrons. The van der Waals surface area contributed by atoms with Gasteiger partial charge in [-0.25, -0.2) is 4.79 Å². The van der Waals surface area contributed by atoms with Crippen molar-refractivity contribution < 1.29 is 9.90 Å². The van der Waals surface area contributed by atoms with E-state index in [1.165, 1.54) is 39.0 Å². The van der Waals surface area contributed by atoms with Gasteiger partial charge in [-0.15, -0.1) is 0 Å². The first-order valence-electron chi connectivity index (χ1n) is 13.8. The summed E-state index contributed by atoms with van der Waals surface area (Å²) in [6.07, 6.45) is 1.42. The summed E-state index contributed by atoms with van der Waals surface area (Å²) in [5.41, 5.74) is 10.6. The van der Waals surface area contributed by atoms with Crippen LogP contribution in [0.25, 0.3) is 61.1 Å². The van der Waals surface area contributed by atoms with Crippen molar-refractivity contribution in [3.63, 3.8) is 0 Å². The van der Waals surface area contributed by atoms with E-state index in [-0.39, 0.29) is 5.57 Å². The molecule has 0 unspecified atom stereocenters. The van der Waals surface area contributed by atoms with Crippen LogP contribution in [0.15, 0.2) is 103 Å². The van der Waals surface area contributed by atoms with Crippen LogP contribution in [0.5, 0.6) is 0 Å². The first-order valence-corrected chi connectivity index (χ1v) is 13.8. The van der Waals surface area contributed by atoms with Gasteiger partial charge in [0, 0.05) is 32.9 Å². The Bertz CT molecular complexity index is 2250. The predicted molar refractivity (Wildman–Crippen MR) is 171 cm³/mol. The monoisotopic (exact) mass is 545 g/mol. The van der Waals surface area contributed by atoms with Crippen LogP contribution in [0.3, 0.4) is 0 Å². The van der Waals surface area contributed by atoms with Crippen LogP contribution in [0.4, 0.5) is 0 Å². The molecular weight excluding hydrogens is 518 g/mol. The van der Waals surface area contributed by atoms with E-state index in [1.807, 2.05) is 18.2 Å². The molecule has 0 amide bonds. The number of hydrogen-bond acceptors (Lipinski definition) is 2. The molecule has 5 heteroatoms. The maximum absolute atomic E-state index is 11.4. The molecule has 0 spiro atoms. The fourth-order valence-electron chi connectivity index (χ4n) is 6.11. The quantitative estimate of drug-likeness (QED) is 0.177. The summed E-state index contributed by atoms with van der Waals surface area (Å²) in [6.45, 7) is 6.33. The predicted octanol–water partition coefficient (Wildman–Crippen LogP) is 8.80. The highest BCUT2D eigenvalue weighted by Gasteiger charge is 2.16. The molecule has 0 saturated carbocycles. The van der Waals surface area contributed by atoms with E-state index in [2.05, 4.69) is 109 Å². The number of rotatable bonds is 4. The Morgan fingerprint density at radius 2 is 1.00 bits per heavy atom. The zero-order valence-electron chi connectivity index (χ0n) is 23.5. The van der Waals surface area contributed by atoms with Crippen molar-refractivity contribution in [3.8, 4) is 17.4 Å². The highest BCUT2D eigenvalue weighted by molar-refractivity contribution is 6.11. The zero-order valence-corrected chi connectivity index (χ0v) is 23.5. The van der Waals surface area contributed by atoms with Crippen molar-refractivity contribution in [1.82, 2.24) is 9.13 Å². The lowest BCUT2D eigenvalue weighted by atomic mass is 10.1. The third-order valence-corrected chi connectivity index (χ3v) is 8.05. The summed E-state index contributed by atoms with van der Waals surface area (Å²) in [5.74, 6) is -1.23. The number of aryl methyl sites for hydroxylation is 3. The number of aromatic nitrogens is 2. The molecule has 0 fully saturated rings. The summed E-state index contributed by atoms with van der Waals surface area (Å²) >= 11 is 0. The molecule has 0 aliphatic rings. The highest BCUT2D eigenvalue weighted by Crippen LogP contribution is 2.36. The fourth-order valence-corrected chi connectivity index (χ4v) is 6.11. The van der Waals surface area contributed by atoms with Gasteiger partial charge in [-0.1, -0.05) is 41.0 Å². The van der Waals surface area contributed by atoms with Crippen LogP contribution >= 0.6 is 0 Å². The largest absolute Gasteiger partial charge is 0.477 e. The SMILES string of the molecule is Cc1ccc2c(c1)c1cc(C)ccc1n2-c1ccc(-n2c3ccc(C)cc3c3cc(/C=C(\C#N)C(=O)O)ccc32)cc1. The number of carbonyl (C=O) groups is 1. The Morgan fingerprint density at radius 3 is 1.38 bits per heavy atom. The first-order chi connectivity index (χ1) is 20.3. The van der Waals surface area contributed by atoms with Gasteiger partial charge in [0.25, 0.3) is 0 Å². The Labute approximate surface area is 242 Å². The van der Waals surface area contributed by atoms with Gasteiger partial charge in [-0.05, 0) is 105 Å². The minimum Gasteiger partial charge on any atom is -0.477 e. The van der Waals surface area contributed by atoms with Crippen molar-refractivity contribution in [2.24, 2.45) is 0 Å². The molecule has 0 bridgehead atoms. The molecule has 5 aromatic carbocycles. The van der Waals surface area contributed by atoms with Crippen LogP contribution in [-0.2, 0) is 4.79 Å². The van der Waals surface area contributed by atoms with E-state index in [0.29, 0.717) is 5.56 Å². The highest BCUT2D eigenvalue weighted by atomic mass is 16.4. The number of carboxylic acid groups (broad SMARTS) is 1. The van der Waals surface area contributed by atoms with Gasteiger partial charge < -0.3 is 14.2 Å². The van der Waals surface area contributed by atoms with Gasteiger partial charge in [-0.2, -0.15) is 5.26 Å². The van der Waals surface area contributed by atoms with Crippen LogP contribution in [0.2, 0.25) is 0 Å².